The predicted octanol–water partition coefficient (Wildman–Crippen LogP) is 4.20. The van der Waals surface area contributed by atoms with E-state index in [9.17, 15) is 4.39 Å². The van der Waals surface area contributed by atoms with Crippen LogP contribution in [0.5, 0.6) is 0 Å². The van der Waals surface area contributed by atoms with Crippen LogP contribution in [0.2, 0.25) is 0 Å². The van der Waals surface area contributed by atoms with Crippen molar-refractivity contribution in [3.05, 3.63) is 41.2 Å². The quantitative estimate of drug-likeness (QED) is 0.673. The first-order chi connectivity index (χ1) is 6.69. The van der Waals surface area contributed by atoms with E-state index in [0.717, 1.165) is 29.5 Å². The number of halogens is 1. The van der Waals surface area contributed by atoms with E-state index in [1.165, 1.54) is 0 Å². The van der Waals surface area contributed by atoms with Crippen LogP contribution in [0.25, 0.3) is 5.57 Å². The lowest BCUT2D eigenvalue weighted by atomic mass is 10.0. The van der Waals surface area contributed by atoms with Gasteiger partial charge in [0, 0.05) is 5.56 Å². The Kier molecular flexibility index (Phi) is 3.87. The normalized spacial score (nSPS) is 11.9. The van der Waals surface area contributed by atoms with Gasteiger partial charge < -0.3 is 0 Å². The second kappa shape index (κ2) is 4.94. The monoisotopic (exact) mass is 192 g/mol. The van der Waals surface area contributed by atoms with Crippen LogP contribution in [-0.2, 0) is 6.42 Å². The van der Waals surface area contributed by atoms with Crippen LogP contribution in [-0.4, -0.2) is 0 Å². The molecular weight excluding hydrogens is 175 g/mol. The van der Waals surface area contributed by atoms with Crippen molar-refractivity contribution in [1.29, 1.82) is 0 Å². The SMILES string of the molecule is CC/C=C(\C)c1ccc(CC)cc1F. The number of hydrogen-bond acceptors (Lipinski definition) is 0. The highest BCUT2D eigenvalue weighted by Gasteiger charge is 2.03. The molecule has 0 aromatic heterocycles. The van der Waals surface area contributed by atoms with Gasteiger partial charge >= 0.3 is 0 Å². The van der Waals surface area contributed by atoms with Crippen molar-refractivity contribution in [2.75, 3.05) is 0 Å². The Morgan fingerprint density at radius 2 is 2.07 bits per heavy atom. The number of rotatable bonds is 3. The summed E-state index contributed by atoms with van der Waals surface area (Å²) in [5.74, 6) is -0.105. The molecule has 0 amide bonds. The Hall–Kier alpha value is -1.11. The molecule has 0 unspecified atom stereocenters. The van der Waals surface area contributed by atoms with Crippen LogP contribution < -0.4 is 0 Å². The molecule has 14 heavy (non-hydrogen) atoms. The second-order valence-corrected chi connectivity index (χ2v) is 3.46. The molecule has 0 atom stereocenters. The van der Waals surface area contributed by atoms with Gasteiger partial charge in [0.05, 0.1) is 0 Å². The number of benzene rings is 1. The third-order valence-corrected chi connectivity index (χ3v) is 2.38. The third-order valence-electron chi connectivity index (χ3n) is 2.38. The summed E-state index contributed by atoms with van der Waals surface area (Å²) >= 11 is 0. The maximum atomic E-state index is 13.6. The summed E-state index contributed by atoms with van der Waals surface area (Å²) in [6.45, 7) is 6.04. The molecule has 0 nitrogen and oxygen atoms in total. The molecule has 1 rings (SSSR count). The van der Waals surface area contributed by atoms with Crippen molar-refractivity contribution in [3.63, 3.8) is 0 Å². The molecule has 0 aliphatic heterocycles. The fourth-order valence-corrected chi connectivity index (χ4v) is 1.51. The average Bonchev–Trinajstić information content (AvgIpc) is 2.17. The van der Waals surface area contributed by atoms with E-state index >= 15 is 0 Å². The molecule has 0 aliphatic rings. The van der Waals surface area contributed by atoms with Crippen molar-refractivity contribution in [2.45, 2.75) is 33.6 Å². The smallest absolute Gasteiger partial charge is 0.130 e. The van der Waals surface area contributed by atoms with Gasteiger partial charge in [-0.3, -0.25) is 0 Å². The Morgan fingerprint density at radius 1 is 1.36 bits per heavy atom. The zero-order valence-electron chi connectivity index (χ0n) is 9.10. The maximum Gasteiger partial charge on any atom is 0.130 e. The van der Waals surface area contributed by atoms with Crippen LogP contribution in [0.4, 0.5) is 4.39 Å². The number of allylic oxidation sites excluding steroid dienone is 2. The summed E-state index contributed by atoms with van der Waals surface area (Å²) in [5, 5.41) is 0. The van der Waals surface area contributed by atoms with Gasteiger partial charge in [0.2, 0.25) is 0 Å². The van der Waals surface area contributed by atoms with Gasteiger partial charge in [0.25, 0.3) is 0 Å². The molecule has 0 radical (unpaired) electrons. The maximum absolute atomic E-state index is 13.6. The molecule has 1 heteroatoms. The average molecular weight is 192 g/mol. The van der Waals surface area contributed by atoms with Crippen molar-refractivity contribution in [3.8, 4) is 0 Å². The van der Waals surface area contributed by atoms with E-state index in [1.54, 1.807) is 6.07 Å². The fraction of sp³-hybridized carbons (Fsp3) is 0.385. The summed E-state index contributed by atoms with van der Waals surface area (Å²) in [6.07, 6.45) is 3.87. The summed E-state index contributed by atoms with van der Waals surface area (Å²) < 4.78 is 13.6. The van der Waals surface area contributed by atoms with Crippen LogP contribution in [0.15, 0.2) is 24.3 Å². The predicted molar refractivity (Wildman–Crippen MR) is 59.7 cm³/mol. The minimum atomic E-state index is -0.105. The van der Waals surface area contributed by atoms with Crippen LogP contribution in [0, 0.1) is 5.82 Å². The van der Waals surface area contributed by atoms with Crippen molar-refractivity contribution < 1.29 is 4.39 Å². The van der Waals surface area contributed by atoms with Crippen molar-refractivity contribution >= 4 is 5.57 Å². The minimum absolute atomic E-state index is 0.105. The first-order valence-corrected chi connectivity index (χ1v) is 5.14. The number of aryl methyl sites for hydroxylation is 1. The molecule has 0 aliphatic carbocycles. The van der Waals surface area contributed by atoms with Gasteiger partial charge in [-0.25, -0.2) is 4.39 Å². The van der Waals surface area contributed by atoms with E-state index in [1.807, 2.05) is 32.1 Å². The summed E-state index contributed by atoms with van der Waals surface area (Å²) in [4.78, 5) is 0. The zero-order chi connectivity index (χ0) is 10.6. The highest BCUT2D eigenvalue weighted by molar-refractivity contribution is 5.64. The molecule has 0 N–H and O–H groups in total. The summed E-state index contributed by atoms with van der Waals surface area (Å²) in [5.41, 5.74) is 2.80. The standard InChI is InChI=1S/C13H17F/c1-4-6-10(3)12-8-7-11(5-2)9-13(12)14/h6-9H,4-5H2,1-3H3/b10-6+. The van der Waals surface area contributed by atoms with Crippen LogP contribution in [0.3, 0.4) is 0 Å². The lowest BCUT2D eigenvalue weighted by Gasteiger charge is -2.05. The first kappa shape index (κ1) is 11.0. The van der Waals surface area contributed by atoms with Gasteiger partial charge in [-0.1, -0.05) is 32.1 Å². The highest BCUT2D eigenvalue weighted by Crippen LogP contribution is 2.19. The Balaban J connectivity index is 3.05. The van der Waals surface area contributed by atoms with E-state index in [-0.39, 0.29) is 5.82 Å². The van der Waals surface area contributed by atoms with E-state index < -0.39 is 0 Å². The van der Waals surface area contributed by atoms with Gasteiger partial charge in [-0.05, 0) is 37.0 Å². The molecular formula is C13H17F. The molecule has 0 heterocycles. The molecule has 0 saturated heterocycles. The van der Waals surface area contributed by atoms with E-state index in [0.29, 0.717) is 0 Å². The Morgan fingerprint density at radius 3 is 2.57 bits per heavy atom. The van der Waals surface area contributed by atoms with Crippen molar-refractivity contribution in [1.82, 2.24) is 0 Å². The Bertz CT molecular complexity index is 337. The molecule has 1 aromatic carbocycles. The lowest BCUT2D eigenvalue weighted by Crippen LogP contribution is -1.90. The second-order valence-electron chi connectivity index (χ2n) is 3.46. The summed E-state index contributed by atoms with van der Waals surface area (Å²) in [7, 11) is 0. The van der Waals surface area contributed by atoms with Crippen molar-refractivity contribution in [2.24, 2.45) is 0 Å². The molecule has 0 saturated carbocycles. The van der Waals surface area contributed by atoms with Gasteiger partial charge in [-0.15, -0.1) is 0 Å². The molecule has 0 fully saturated rings. The zero-order valence-corrected chi connectivity index (χ0v) is 9.10. The summed E-state index contributed by atoms with van der Waals surface area (Å²) in [6, 6.07) is 5.49. The molecule has 1 aromatic rings. The van der Waals surface area contributed by atoms with Crippen LogP contribution >= 0.6 is 0 Å². The molecule has 0 spiro atoms. The van der Waals surface area contributed by atoms with Gasteiger partial charge in [0.15, 0.2) is 0 Å². The van der Waals surface area contributed by atoms with Crippen LogP contribution in [0.1, 0.15) is 38.3 Å². The van der Waals surface area contributed by atoms with Gasteiger partial charge in [0.1, 0.15) is 5.82 Å². The largest absolute Gasteiger partial charge is 0.206 e. The van der Waals surface area contributed by atoms with Gasteiger partial charge in [-0.2, -0.15) is 0 Å². The van der Waals surface area contributed by atoms with E-state index in [2.05, 4.69) is 6.92 Å². The third kappa shape index (κ3) is 2.44. The fourth-order valence-electron chi connectivity index (χ4n) is 1.51. The first-order valence-electron chi connectivity index (χ1n) is 5.14. The Labute approximate surface area is 85.5 Å². The molecule has 0 bridgehead atoms. The van der Waals surface area contributed by atoms with E-state index in [4.69, 9.17) is 0 Å². The lowest BCUT2D eigenvalue weighted by molar-refractivity contribution is 0.621. The topological polar surface area (TPSA) is 0 Å². The molecule has 76 valence electrons. The number of hydrogen-bond donors (Lipinski definition) is 0. The highest BCUT2D eigenvalue weighted by atomic mass is 19.1. The minimum Gasteiger partial charge on any atom is -0.206 e.